The second-order valence-corrected chi connectivity index (χ2v) is 8.65. The predicted octanol–water partition coefficient (Wildman–Crippen LogP) is 3.29. The monoisotopic (exact) mass is 426 g/mol. The molecule has 7 heteroatoms. The summed E-state index contributed by atoms with van der Waals surface area (Å²) in [5.74, 6) is -0.685. The minimum atomic E-state index is -0.674. The number of carbonyl (C=O) groups excluding carboxylic acids is 3. The molecular weight excluding hydrogens is 392 g/mol. The van der Waals surface area contributed by atoms with Gasteiger partial charge in [0.2, 0.25) is 17.7 Å². The molecule has 0 saturated carbocycles. The van der Waals surface area contributed by atoms with Gasteiger partial charge in [-0.2, -0.15) is 0 Å². The second kappa shape index (κ2) is 10.8. The average molecular weight is 427 g/mol. The first-order valence-electron chi connectivity index (χ1n) is 10.7. The van der Waals surface area contributed by atoms with Gasteiger partial charge in [0.25, 0.3) is 0 Å². The van der Waals surface area contributed by atoms with E-state index in [9.17, 15) is 14.4 Å². The quantitative estimate of drug-likeness (QED) is 0.574. The van der Waals surface area contributed by atoms with Crippen LogP contribution in [0.4, 0.5) is 0 Å². The van der Waals surface area contributed by atoms with Crippen LogP contribution in [0.5, 0.6) is 0 Å². The highest BCUT2D eigenvalue weighted by atomic mass is 16.2. The number of H-pyrrole nitrogens is 1. The molecule has 0 spiro atoms. The number of para-hydroxylation sites is 1. The van der Waals surface area contributed by atoms with Crippen LogP contribution in [0.2, 0.25) is 0 Å². The number of amides is 3. The van der Waals surface area contributed by atoms with E-state index in [-0.39, 0.29) is 29.6 Å². The number of aromatic nitrogens is 1. The van der Waals surface area contributed by atoms with Crippen molar-refractivity contribution in [1.82, 2.24) is 20.5 Å². The molecule has 3 amide bonds. The van der Waals surface area contributed by atoms with Crippen molar-refractivity contribution in [2.75, 3.05) is 7.05 Å². The molecule has 2 aromatic rings. The normalized spacial score (nSPS) is 13.5. The number of benzene rings is 1. The highest BCUT2D eigenvalue weighted by Crippen LogP contribution is 2.19. The summed E-state index contributed by atoms with van der Waals surface area (Å²) >= 11 is 0. The number of fused-ring (bicyclic) bond motifs is 1. The van der Waals surface area contributed by atoms with Crippen LogP contribution in [0.25, 0.3) is 17.0 Å². The van der Waals surface area contributed by atoms with E-state index in [0.717, 1.165) is 16.5 Å². The lowest BCUT2D eigenvalue weighted by Gasteiger charge is -2.32. The predicted molar refractivity (Wildman–Crippen MR) is 124 cm³/mol. The fraction of sp³-hybridized carbons (Fsp3) is 0.458. The number of aromatic amines is 1. The van der Waals surface area contributed by atoms with E-state index in [4.69, 9.17) is 0 Å². The molecule has 0 aliphatic carbocycles. The Kier molecular flexibility index (Phi) is 8.42. The zero-order valence-corrected chi connectivity index (χ0v) is 19.2. The van der Waals surface area contributed by atoms with Crippen LogP contribution in [0, 0.1) is 11.8 Å². The molecule has 1 aromatic carbocycles. The Morgan fingerprint density at radius 2 is 1.81 bits per heavy atom. The molecule has 2 atom stereocenters. The summed E-state index contributed by atoms with van der Waals surface area (Å²) in [6, 6.07) is 6.61. The lowest BCUT2D eigenvalue weighted by atomic mass is 9.98. The maximum Gasteiger partial charge on any atom is 0.246 e. The third-order valence-corrected chi connectivity index (χ3v) is 5.21. The summed E-state index contributed by atoms with van der Waals surface area (Å²) in [7, 11) is 1.62. The summed E-state index contributed by atoms with van der Waals surface area (Å²) in [6.07, 6.45) is 5.84. The van der Waals surface area contributed by atoms with Gasteiger partial charge in [0.05, 0.1) is 0 Å². The Labute approximate surface area is 184 Å². The standard InChI is InChI=1S/C24H34N4O3/c1-15(2)13-21(28(6)24(31)22(16(3)4)27-17(5)29)23(30)25-12-11-18-14-26-20-10-8-7-9-19(18)20/h7-12,14-16,21-22,26H,13H2,1-6H3,(H,25,30)(H,27,29)/b12-11-/t21-,22-/m0/s1. The first-order valence-corrected chi connectivity index (χ1v) is 10.7. The van der Waals surface area contributed by atoms with Crippen molar-refractivity contribution in [2.24, 2.45) is 11.8 Å². The molecule has 7 nitrogen and oxygen atoms in total. The number of hydrogen-bond acceptors (Lipinski definition) is 3. The molecule has 168 valence electrons. The highest BCUT2D eigenvalue weighted by Gasteiger charge is 2.33. The summed E-state index contributed by atoms with van der Waals surface area (Å²) in [5, 5.41) is 6.59. The number of hydrogen-bond donors (Lipinski definition) is 3. The van der Waals surface area contributed by atoms with Crippen LogP contribution in [-0.4, -0.2) is 46.7 Å². The molecular formula is C24H34N4O3. The number of likely N-dealkylation sites (N-methyl/N-ethyl adjacent to an activating group) is 1. The number of nitrogens with zero attached hydrogens (tertiary/aromatic N) is 1. The molecule has 3 N–H and O–H groups in total. The summed E-state index contributed by atoms with van der Waals surface area (Å²) in [6.45, 7) is 9.14. The fourth-order valence-electron chi connectivity index (χ4n) is 3.53. The number of rotatable bonds is 9. The van der Waals surface area contributed by atoms with Gasteiger partial charge in [-0.05, 0) is 30.4 Å². The molecule has 0 radical (unpaired) electrons. The van der Waals surface area contributed by atoms with E-state index in [1.54, 1.807) is 13.2 Å². The van der Waals surface area contributed by atoms with Gasteiger partial charge in [-0.3, -0.25) is 14.4 Å². The molecule has 0 aliphatic rings. The molecule has 0 unspecified atom stereocenters. The first-order chi connectivity index (χ1) is 14.6. The van der Waals surface area contributed by atoms with E-state index < -0.39 is 12.1 Å². The van der Waals surface area contributed by atoms with Crippen molar-refractivity contribution < 1.29 is 14.4 Å². The third kappa shape index (κ3) is 6.44. The zero-order valence-electron chi connectivity index (χ0n) is 19.2. The van der Waals surface area contributed by atoms with Gasteiger partial charge in [-0.1, -0.05) is 45.9 Å². The second-order valence-electron chi connectivity index (χ2n) is 8.65. The largest absolute Gasteiger partial charge is 0.361 e. The van der Waals surface area contributed by atoms with Crippen LogP contribution in [-0.2, 0) is 14.4 Å². The molecule has 0 aliphatic heterocycles. The summed E-state index contributed by atoms with van der Waals surface area (Å²) in [4.78, 5) is 42.2. The molecule has 1 heterocycles. The van der Waals surface area contributed by atoms with Gasteiger partial charge in [0, 0.05) is 42.8 Å². The number of nitrogens with one attached hydrogen (secondary N) is 3. The molecule has 1 aromatic heterocycles. The molecule has 2 rings (SSSR count). The van der Waals surface area contributed by atoms with Gasteiger partial charge < -0.3 is 20.5 Å². The summed E-state index contributed by atoms with van der Waals surface area (Å²) < 4.78 is 0. The van der Waals surface area contributed by atoms with Gasteiger partial charge in [0.1, 0.15) is 12.1 Å². The topological polar surface area (TPSA) is 94.3 Å². The van der Waals surface area contributed by atoms with Gasteiger partial charge in [-0.25, -0.2) is 0 Å². The van der Waals surface area contributed by atoms with Gasteiger partial charge >= 0.3 is 0 Å². The smallest absolute Gasteiger partial charge is 0.246 e. The SMILES string of the molecule is CC(=O)N[C@H](C(=O)N(C)[C@@H](CC(C)C)C(=O)N/C=C\c1c[nH]c2ccccc12)C(C)C. The Morgan fingerprint density at radius 1 is 1.13 bits per heavy atom. The van der Waals surface area contributed by atoms with Crippen LogP contribution in [0.15, 0.2) is 36.7 Å². The molecule has 0 saturated heterocycles. The van der Waals surface area contributed by atoms with E-state index in [1.165, 1.54) is 11.8 Å². The fourth-order valence-corrected chi connectivity index (χ4v) is 3.53. The minimum absolute atomic E-state index is 0.0941. The average Bonchev–Trinajstić information content (AvgIpc) is 3.12. The third-order valence-electron chi connectivity index (χ3n) is 5.21. The first kappa shape index (κ1) is 24.2. The van der Waals surface area contributed by atoms with Crippen molar-refractivity contribution in [1.29, 1.82) is 0 Å². The van der Waals surface area contributed by atoms with Crippen molar-refractivity contribution in [3.8, 4) is 0 Å². The minimum Gasteiger partial charge on any atom is -0.361 e. The Hall–Kier alpha value is -3.09. The Balaban J connectivity index is 2.15. The molecule has 31 heavy (non-hydrogen) atoms. The van der Waals surface area contributed by atoms with Crippen LogP contribution < -0.4 is 10.6 Å². The van der Waals surface area contributed by atoms with Crippen molar-refractivity contribution in [3.05, 3.63) is 42.2 Å². The maximum atomic E-state index is 13.1. The Morgan fingerprint density at radius 3 is 2.42 bits per heavy atom. The molecule has 0 fully saturated rings. The lowest BCUT2D eigenvalue weighted by Crippen LogP contribution is -2.55. The van der Waals surface area contributed by atoms with Crippen LogP contribution in [0.1, 0.15) is 46.6 Å². The Bertz CT molecular complexity index is 945. The van der Waals surface area contributed by atoms with Crippen molar-refractivity contribution >= 4 is 34.7 Å². The van der Waals surface area contributed by atoms with Crippen LogP contribution >= 0.6 is 0 Å². The summed E-state index contributed by atoms with van der Waals surface area (Å²) in [5.41, 5.74) is 1.99. The highest BCUT2D eigenvalue weighted by molar-refractivity contribution is 5.93. The van der Waals surface area contributed by atoms with E-state index in [0.29, 0.717) is 6.42 Å². The van der Waals surface area contributed by atoms with Gasteiger partial charge in [0.15, 0.2) is 0 Å². The van der Waals surface area contributed by atoms with Crippen LogP contribution in [0.3, 0.4) is 0 Å². The maximum absolute atomic E-state index is 13.1. The molecule has 0 bridgehead atoms. The number of carbonyl (C=O) groups is 3. The van der Waals surface area contributed by atoms with Crippen molar-refractivity contribution in [2.45, 2.75) is 53.1 Å². The van der Waals surface area contributed by atoms with Gasteiger partial charge in [-0.15, -0.1) is 0 Å². The van der Waals surface area contributed by atoms with E-state index in [1.807, 2.05) is 64.2 Å². The lowest BCUT2D eigenvalue weighted by molar-refractivity contribution is -0.142. The van der Waals surface area contributed by atoms with E-state index >= 15 is 0 Å². The van der Waals surface area contributed by atoms with Crippen molar-refractivity contribution in [3.63, 3.8) is 0 Å². The zero-order chi connectivity index (χ0) is 23.1. The van der Waals surface area contributed by atoms with E-state index in [2.05, 4.69) is 15.6 Å².